The number of ether oxygens (including phenoxy) is 1. The van der Waals surface area contributed by atoms with E-state index in [1.165, 1.54) is 16.7 Å². The van der Waals surface area contributed by atoms with Crippen molar-refractivity contribution in [2.24, 2.45) is 5.92 Å². The molecule has 0 bridgehead atoms. The van der Waals surface area contributed by atoms with Gasteiger partial charge in [-0.3, -0.25) is 4.90 Å². The zero-order valence-electron chi connectivity index (χ0n) is 18.5. The molecule has 1 unspecified atom stereocenters. The second-order valence-corrected chi connectivity index (χ2v) is 8.06. The molecule has 3 aromatic carbocycles. The number of phenolic OH excluding ortho intramolecular Hbond substituents is 1. The Bertz CT molecular complexity index is 972. The van der Waals surface area contributed by atoms with Gasteiger partial charge in [-0.2, -0.15) is 0 Å². The summed E-state index contributed by atoms with van der Waals surface area (Å²) in [5.74, 6) is 1.43. The first-order chi connectivity index (χ1) is 14.4. The van der Waals surface area contributed by atoms with Gasteiger partial charge in [0.2, 0.25) is 0 Å². The normalized spacial score (nSPS) is 13.3. The lowest BCUT2D eigenvalue weighted by atomic mass is 9.84. The van der Waals surface area contributed by atoms with Crippen molar-refractivity contribution in [1.82, 2.24) is 4.90 Å². The Morgan fingerprint density at radius 2 is 1.27 bits per heavy atom. The van der Waals surface area contributed by atoms with Crippen LogP contribution in [0.1, 0.15) is 37.5 Å². The van der Waals surface area contributed by atoms with E-state index in [9.17, 15) is 5.11 Å². The van der Waals surface area contributed by atoms with Gasteiger partial charge in [0.15, 0.2) is 0 Å². The Kier molecular flexibility index (Phi) is 6.96. The highest BCUT2D eigenvalue weighted by Crippen LogP contribution is 2.37. The van der Waals surface area contributed by atoms with E-state index in [-0.39, 0.29) is 12.0 Å². The van der Waals surface area contributed by atoms with Crippen molar-refractivity contribution in [1.29, 1.82) is 0 Å². The van der Waals surface area contributed by atoms with Gasteiger partial charge in [-0.25, -0.2) is 0 Å². The molecule has 1 atom stereocenters. The summed E-state index contributed by atoms with van der Waals surface area (Å²) in [5, 5.41) is 9.80. The quantitative estimate of drug-likeness (QED) is 0.373. The summed E-state index contributed by atoms with van der Waals surface area (Å²) in [6, 6.07) is 26.2. The molecule has 0 aromatic heterocycles. The lowest BCUT2D eigenvalue weighted by Crippen LogP contribution is -2.30. The highest BCUT2D eigenvalue weighted by molar-refractivity contribution is 5.99. The smallest absolute Gasteiger partial charge is 0.149 e. The molecule has 0 heterocycles. The minimum Gasteiger partial charge on any atom is -0.508 e. The number of hydrogen-bond donors (Lipinski definition) is 1. The van der Waals surface area contributed by atoms with Crippen LogP contribution in [0.2, 0.25) is 0 Å². The van der Waals surface area contributed by atoms with Crippen molar-refractivity contribution < 1.29 is 9.84 Å². The zero-order valence-corrected chi connectivity index (χ0v) is 18.5. The molecule has 30 heavy (non-hydrogen) atoms. The third kappa shape index (κ3) is 5.11. The first-order valence-electron chi connectivity index (χ1n) is 10.4. The van der Waals surface area contributed by atoms with Crippen LogP contribution in [0.25, 0.3) is 11.1 Å². The average molecular weight is 402 g/mol. The molecule has 0 fully saturated rings. The van der Waals surface area contributed by atoms with Crippen LogP contribution < -0.4 is 4.74 Å². The number of nitrogens with zero attached hydrogens (tertiary/aromatic N) is 1. The molecule has 0 spiro atoms. The first-order valence-corrected chi connectivity index (χ1v) is 10.4. The Hall–Kier alpha value is -3.04. The van der Waals surface area contributed by atoms with Gasteiger partial charge in [-0.05, 0) is 79.0 Å². The Balaban J connectivity index is 2.14. The fourth-order valence-electron chi connectivity index (χ4n) is 3.49. The highest BCUT2D eigenvalue weighted by atomic mass is 16.5. The van der Waals surface area contributed by atoms with Gasteiger partial charge in [0, 0.05) is 0 Å². The lowest BCUT2D eigenvalue weighted by molar-refractivity contribution is 0.0815. The van der Waals surface area contributed by atoms with Crippen molar-refractivity contribution in [3.8, 4) is 11.5 Å². The van der Waals surface area contributed by atoms with E-state index in [0.717, 1.165) is 16.9 Å². The standard InChI is InChI=1S/C27H31NO2/c1-19(2)26(21-9-7-6-8-10-21)27(22-11-15-24(29)16-12-22)23-13-17-25(18-14-23)30-20(3)28(4)5/h6-20,29H,1-5H3/b27-26-. The maximum Gasteiger partial charge on any atom is 0.149 e. The molecule has 3 heteroatoms. The molecule has 0 aliphatic carbocycles. The number of allylic oxidation sites excluding steroid dienone is 1. The van der Waals surface area contributed by atoms with E-state index < -0.39 is 0 Å². The summed E-state index contributed by atoms with van der Waals surface area (Å²) >= 11 is 0. The van der Waals surface area contributed by atoms with Crippen molar-refractivity contribution in [2.45, 2.75) is 27.0 Å². The van der Waals surface area contributed by atoms with Crippen molar-refractivity contribution in [3.05, 3.63) is 95.6 Å². The van der Waals surface area contributed by atoms with Crippen LogP contribution in [0, 0.1) is 5.92 Å². The van der Waals surface area contributed by atoms with Crippen LogP contribution in [0.15, 0.2) is 78.9 Å². The summed E-state index contributed by atoms with van der Waals surface area (Å²) in [7, 11) is 4.00. The number of aromatic hydroxyl groups is 1. The van der Waals surface area contributed by atoms with Crippen molar-refractivity contribution in [3.63, 3.8) is 0 Å². The minimum atomic E-state index is -0.00138. The Morgan fingerprint density at radius 3 is 1.77 bits per heavy atom. The SMILES string of the molecule is CC(C)/C(=C(\c1ccc(O)cc1)c1ccc(OC(C)N(C)C)cc1)c1ccccc1. The highest BCUT2D eigenvalue weighted by Gasteiger charge is 2.17. The third-order valence-corrected chi connectivity index (χ3v) is 5.26. The number of benzene rings is 3. The minimum absolute atomic E-state index is 0.00138. The summed E-state index contributed by atoms with van der Waals surface area (Å²) in [4.78, 5) is 2.03. The van der Waals surface area contributed by atoms with Crippen LogP contribution in [0.5, 0.6) is 11.5 Å². The van der Waals surface area contributed by atoms with Crippen LogP contribution in [0.4, 0.5) is 0 Å². The van der Waals surface area contributed by atoms with Gasteiger partial charge in [0.25, 0.3) is 0 Å². The number of rotatable bonds is 7. The molecule has 3 rings (SSSR count). The van der Waals surface area contributed by atoms with E-state index in [2.05, 4.69) is 50.2 Å². The molecule has 0 amide bonds. The summed E-state index contributed by atoms with van der Waals surface area (Å²) < 4.78 is 6.00. The van der Waals surface area contributed by atoms with Crippen molar-refractivity contribution >= 4 is 11.1 Å². The van der Waals surface area contributed by atoms with Gasteiger partial charge >= 0.3 is 0 Å². The molecule has 3 aromatic rings. The van der Waals surface area contributed by atoms with E-state index in [1.54, 1.807) is 12.1 Å². The topological polar surface area (TPSA) is 32.7 Å². The van der Waals surface area contributed by atoms with Gasteiger partial charge in [-0.1, -0.05) is 68.4 Å². The molecule has 3 nitrogen and oxygen atoms in total. The van der Waals surface area contributed by atoms with E-state index in [1.807, 2.05) is 56.3 Å². The fourth-order valence-corrected chi connectivity index (χ4v) is 3.49. The van der Waals surface area contributed by atoms with Gasteiger partial charge in [0.1, 0.15) is 17.7 Å². The van der Waals surface area contributed by atoms with Crippen LogP contribution >= 0.6 is 0 Å². The summed E-state index contributed by atoms with van der Waals surface area (Å²) in [6.45, 7) is 6.47. The lowest BCUT2D eigenvalue weighted by Gasteiger charge is -2.22. The molecule has 0 saturated heterocycles. The second kappa shape index (κ2) is 9.64. The molecule has 0 aliphatic rings. The van der Waals surface area contributed by atoms with Gasteiger partial charge in [0.05, 0.1) is 0 Å². The average Bonchev–Trinajstić information content (AvgIpc) is 2.74. The second-order valence-electron chi connectivity index (χ2n) is 8.06. The fraction of sp³-hybridized carbons (Fsp3) is 0.259. The maximum absolute atomic E-state index is 9.80. The summed E-state index contributed by atoms with van der Waals surface area (Å²) in [5.41, 5.74) is 5.85. The molecule has 0 radical (unpaired) electrons. The third-order valence-electron chi connectivity index (χ3n) is 5.26. The van der Waals surface area contributed by atoms with Crippen LogP contribution in [0.3, 0.4) is 0 Å². The van der Waals surface area contributed by atoms with Crippen molar-refractivity contribution in [2.75, 3.05) is 14.1 Å². The molecular formula is C27H31NO2. The van der Waals surface area contributed by atoms with Gasteiger partial charge in [-0.15, -0.1) is 0 Å². The molecular weight excluding hydrogens is 370 g/mol. The van der Waals surface area contributed by atoms with E-state index >= 15 is 0 Å². The molecule has 156 valence electrons. The van der Waals surface area contributed by atoms with Crippen LogP contribution in [-0.2, 0) is 0 Å². The number of phenols is 1. The van der Waals surface area contributed by atoms with Crippen LogP contribution in [-0.4, -0.2) is 30.3 Å². The predicted molar refractivity (Wildman–Crippen MR) is 126 cm³/mol. The largest absolute Gasteiger partial charge is 0.508 e. The van der Waals surface area contributed by atoms with E-state index in [0.29, 0.717) is 5.92 Å². The molecule has 1 N–H and O–H groups in total. The monoisotopic (exact) mass is 401 g/mol. The molecule has 0 saturated carbocycles. The number of hydrogen-bond acceptors (Lipinski definition) is 3. The zero-order chi connectivity index (χ0) is 21.7. The summed E-state index contributed by atoms with van der Waals surface area (Å²) in [6.07, 6.45) is -0.00138. The van der Waals surface area contributed by atoms with Gasteiger partial charge < -0.3 is 9.84 Å². The molecule has 0 aliphatic heterocycles. The maximum atomic E-state index is 9.80. The predicted octanol–water partition coefficient (Wildman–Crippen LogP) is 6.29. The first kappa shape index (κ1) is 21.7. The Labute approximate surface area is 180 Å². The van der Waals surface area contributed by atoms with E-state index in [4.69, 9.17) is 4.74 Å². The Morgan fingerprint density at radius 1 is 0.733 bits per heavy atom.